The maximum atomic E-state index is 11.3. The molecule has 88 valence electrons. The first-order valence-electron chi connectivity index (χ1n) is 5.14. The van der Waals surface area contributed by atoms with Gasteiger partial charge in [0.25, 0.3) is 0 Å². The fraction of sp³-hybridized carbons (Fsp3) is 0.417. The Labute approximate surface area is 95.6 Å². The summed E-state index contributed by atoms with van der Waals surface area (Å²) in [5.41, 5.74) is 1.63. The zero-order valence-corrected chi connectivity index (χ0v) is 10.1. The summed E-state index contributed by atoms with van der Waals surface area (Å²) in [6.07, 6.45) is 0.439. The molecule has 0 aliphatic carbocycles. The first kappa shape index (κ1) is 12.4. The Kier molecular flexibility index (Phi) is 4.17. The highest BCUT2D eigenvalue weighted by atomic mass is 16.5. The van der Waals surface area contributed by atoms with Crippen molar-refractivity contribution >= 4 is 11.6 Å². The predicted octanol–water partition coefficient (Wildman–Crippen LogP) is 2.36. The summed E-state index contributed by atoms with van der Waals surface area (Å²) in [5, 5.41) is 2.78. The van der Waals surface area contributed by atoms with E-state index in [4.69, 9.17) is 9.47 Å². The lowest BCUT2D eigenvalue weighted by molar-refractivity contribution is -0.115. The van der Waals surface area contributed by atoms with Crippen LogP contribution < -0.4 is 14.8 Å². The van der Waals surface area contributed by atoms with E-state index in [0.29, 0.717) is 17.9 Å². The molecule has 0 saturated carbocycles. The van der Waals surface area contributed by atoms with E-state index in [1.807, 2.05) is 13.0 Å². The zero-order chi connectivity index (χ0) is 12.1. The summed E-state index contributed by atoms with van der Waals surface area (Å²) >= 11 is 0. The highest BCUT2D eigenvalue weighted by Gasteiger charge is 2.10. The van der Waals surface area contributed by atoms with Gasteiger partial charge in [0.2, 0.25) is 5.91 Å². The normalized spacial score (nSPS) is 9.75. The highest BCUT2D eigenvalue weighted by Crippen LogP contribution is 2.32. The largest absolute Gasteiger partial charge is 0.496 e. The summed E-state index contributed by atoms with van der Waals surface area (Å²) in [6.45, 7) is 3.72. The molecule has 0 bridgehead atoms. The van der Waals surface area contributed by atoms with Crippen LogP contribution in [0.3, 0.4) is 0 Å². The topological polar surface area (TPSA) is 47.6 Å². The number of hydrogen-bond donors (Lipinski definition) is 1. The fourth-order valence-corrected chi connectivity index (χ4v) is 1.39. The Morgan fingerprint density at radius 1 is 1.25 bits per heavy atom. The van der Waals surface area contributed by atoms with Crippen molar-refractivity contribution in [2.75, 3.05) is 19.5 Å². The van der Waals surface area contributed by atoms with Gasteiger partial charge in [-0.2, -0.15) is 0 Å². The van der Waals surface area contributed by atoms with Gasteiger partial charge in [-0.15, -0.1) is 0 Å². The third-order valence-corrected chi connectivity index (χ3v) is 2.31. The van der Waals surface area contributed by atoms with Gasteiger partial charge in [-0.3, -0.25) is 4.79 Å². The minimum Gasteiger partial charge on any atom is -0.496 e. The van der Waals surface area contributed by atoms with Crippen LogP contribution >= 0.6 is 0 Å². The average molecular weight is 223 g/mol. The standard InChI is InChI=1S/C12H17NO3/c1-5-12(14)13-9-6-8(2)10(15-3)7-11(9)16-4/h6-7H,5H2,1-4H3,(H,13,14). The molecular weight excluding hydrogens is 206 g/mol. The van der Waals surface area contributed by atoms with Crippen molar-refractivity contribution in [1.29, 1.82) is 0 Å². The van der Waals surface area contributed by atoms with Crippen LogP contribution in [-0.4, -0.2) is 20.1 Å². The number of benzene rings is 1. The number of aryl methyl sites for hydroxylation is 1. The molecule has 0 fully saturated rings. The van der Waals surface area contributed by atoms with Crippen LogP contribution in [0.25, 0.3) is 0 Å². The van der Waals surface area contributed by atoms with Crippen LogP contribution in [0.1, 0.15) is 18.9 Å². The number of nitrogens with one attached hydrogen (secondary N) is 1. The van der Waals surface area contributed by atoms with Crippen LogP contribution in [0.2, 0.25) is 0 Å². The molecule has 1 amide bonds. The second-order valence-corrected chi connectivity index (χ2v) is 3.42. The van der Waals surface area contributed by atoms with E-state index in [1.165, 1.54) is 0 Å². The summed E-state index contributed by atoms with van der Waals surface area (Å²) < 4.78 is 10.4. The summed E-state index contributed by atoms with van der Waals surface area (Å²) in [7, 11) is 3.16. The van der Waals surface area contributed by atoms with Crippen molar-refractivity contribution in [3.63, 3.8) is 0 Å². The van der Waals surface area contributed by atoms with E-state index in [0.717, 1.165) is 11.3 Å². The SMILES string of the molecule is CCC(=O)Nc1cc(C)c(OC)cc1OC. The van der Waals surface area contributed by atoms with E-state index in [9.17, 15) is 4.79 Å². The number of carbonyl (C=O) groups excluding carboxylic acids is 1. The minimum atomic E-state index is -0.0390. The van der Waals surface area contributed by atoms with E-state index in [2.05, 4.69) is 5.32 Å². The smallest absolute Gasteiger partial charge is 0.224 e. The monoisotopic (exact) mass is 223 g/mol. The van der Waals surface area contributed by atoms with Gasteiger partial charge < -0.3 is 14.8 Å². The van der Waals surface area contributed by atoms with Crippen molar-refractivity contribution in [3.8, 4) is 11.5 Å². The molecule has 0 aliphatic heterocycles. The second kappa shape index (κ2) is 5.39. The molecule has 1 N–H and O–H groups in total. The van der Waals surface area contributed by atoms with Crippen LogP contribution in [0, 0.1) is 6.92 Å². The maximum absolute atomic E-state index is 11.3. The van der Waals surface area contributed by atoms with Crippen molar-refractivity contribution in [3.05, 3.63) is 17.7 Å². The molecular formula is C12H17NO3. The molecule has 16 heavy (non-hydrogen) atoms. The molecule has 4 nitrogen and oxygen atoms in total. The van der Waals surface area contributed by atoms with Gasteiger partial charge in [0.1, 0.15) is 11.5 Å². The van der Waals surface area contributed by atoms with E-state index in [-0.39, 0.29) is 5.91 Å². The summed E-state index contributed by atoms with van der Waals surface area (Å²) in [5.74, 6) is 1.30. The number of methoxy groups -OCH3 is 2. The van der Waals surface area contributed by atoms with E-state index < -0.39 is 0 Å². The van der Waals surface area contributed by atoms with E-state index in [1.54, 1.807) is 27.2 Å². The Hall–Kier alpha value is -1.71. The maximum Gasteiger partial charge on any atom is 0.224 e. The van der Waals surface area contributed by atoms with Crippen LogP contribution in [-0.2, 0) is 4.79 Å². The summed E-state index contributed by atoms with van der Waals surface area (Å²) in [4.78, 5) is 11.3. The summed E-state index contributed by atoms with van der Waals surface area (Å²) in [6, 6.07) is 3.60. The first-order chi connectivity index (χ1) is 7.62. The van der Waals surface area contributed by atoms with Gasteiger partial charge in [-0.1, -0.05) is 6.92 Å². The van der Waals surface area contributed by atoms with E-state index >= 15 is 0 Å². The number of carbonyl (C=O) groups is 1. The van der Waals surface area contributed by atoms with Gasteiger partial charge >= 0.3 is 0 Å². The molecule has 0 unspecified atom stereocenters. The third kappa shape index (κ3) is 2.66. The quantitative estimate of drug-likeness (QED) is 0.852. The van der Waals surface area contributed by atoms with Crippen LogP contribution in [0.5, 0.6) is 11.5 Å². The minimum absolute atomic E-state index is 0.0390. The lowest BCUT2D eigenvalue weighted by atomic mass is 10.1. The number of anilines is 1. The lowest BCUT2D eigenvalue weighted by Gasteiger charge is -2.13. The van der Waals surface area contributed by atoms with Crippen LogP contribution in [0.15, 0.2) is 12.1 Å². The number of rotatable bonds is 4. The molecule has 0 saturated heterocycles. The van der Waals surface area contributed by atoms with Gasteiger partial charge in [-0.05, 0) is 18.6 Å². The molecule has 0 radical (unpaired) electrons. The Morgan fingerprint density at radius 3 is 2.38 bits per heavy atom. The zero-order valence-electron chi connectivity index (χ0n) is 10.1. The molecule has 1 aromatic rings. The number of hydrogen-bond acceptors (Lipinski definition) is 3. The van der Waals surface area contributed by atoms with Crippen molar-refractivity contribution in [2.24, 2.45) is 0 Å². The molecule has 0 heterocycles. The Bertz CT molecular complexity index is 388. The molecule has 1 rings (SSSR count). The van der Waals surface area contributed by atoms with Gasteiger partial charge in [0.15, 0.2) is 0 Å². The number of amides is 1. The predicted molar refractivity (Wildman–Crippen MR) is 63.2 cm³/mol. The first-order valence-corrected chi connectivity index (χ1v) is 5.14. The van der Waals surface area contributed by atoms with Crippen molar-refractivity contribution in [2.45, 2.75) is 20.3 Å². The van der Waals surface area contributed by atoms with Crippen LogP contribution in [0.4, 0.5) is 5.69 Å². The van der Waals surface area contributed by atoms with Crippen molar-refractivity contribution < 1.29 is 14.3 Å². The molecule has 1 aromatic carbocycles. The van der Waals surface area contributed by atoms with Crippen molar-refractivity contribution in [1.82, 2.24) is 0 Å². The Morgan fingerprint density at radius 2 is 1.88 bits per heavy atom. The second-order valence-electron chi connectivity index (χ2n) is 3.42. The lowest BCUT2D eigenvalue weighted by Crippen LogP contribution is -2.10. The molecule has 0 atom stereocenters. The highest BCUT2D eigenvalue weighted by molar-refractivity contribution is 5.92. The molecule has 0 aliphatic rings. The molecule has 0 spiro atoms. The third-order valence-electron chi connectivity index (χ3n) is 2.31. The fourth-order valence-electron chi connectivity index (χ4n) is 1.39. The molecule has 0 aromatic heterocycles. The van der Waals surface area contributed by atoms with Gasteiger partial charge in [0, 0.05) is 12.5 Å². The van der Waals surface area contributed by atoms with Gasteiger partial charge in [-0.25, -0.2) is 0 Å². The van der Waals surface area contributed by atoms with Gasteiger partial charge in [0.05, 0.1) is 19.9 Å². The average Bonchev–Trinajstić information content (AvgIpc) is 2.29. The Balaban J connectivity index is 3.08. The molecule has 4 heteroatoms. The number of ether oxygens (including phenoxy) is 2.